The number of aromatic nitrogens is 4. The van der Waals surface area contributed by atoms with Crippen LogP contribution in [0.15, 0.2) is 12.7 Å². The molecule has 2 aromatic heterocycles. The maximum atomic E-state index is 4.04. The van der Waals surface area contributed by atoms with Crippen LogP contribution in [0, 0.1) is 0 Å². The minimum atomic E-state index is 0.799. The van der Waals surface area contributed by atoms with Gasteiger partial charge in [0, 0.05) is 5.59 Å². The highest BCUT2D eigenvalue weighted by molar-refractivity contribution is 6.35. The van der Waals surface area contributed by atoms with Crippen molar-refractivity contribution < 1.29 is 0 Å². The molecule has 10 heavy (non-hydrogen) atoms. The molecule has 0 amide bonds. The van der Waals surface area contributed by atoms with E-state index < -0.39 is 0 Å². The summed E-state index contributed by atoms with van der Waals surface area (Å²) in [6.07, 6.45) is 3.14. The van der Waals surface area contributed by atoms with Crippen LogP contribution in [0.4, 0.5) is 0 Å². The standard InChI is InChI=1S/C5H5BN4/c6-4-3-5(9-1-7-3)10-2-8-4/h1-2H,6H2,(H,7,8,9,10). The van der Waals surface area contributed by atoms with E-state index in [-0.39, 0.29) is 0 Å². The summed E-state index contributed by atoms with van der Waals surface area (Å²) >= 11 is 0. The van der Waals surface area contributed by atoms with E-state index >= 15 is 0 Å². The molecule has 2 rings (SSSR count). The number of nitrogens with zero attached hydrogens (tertiary/aromatic N) is 3. The molecular formula is C5H5BN4. The number of fused-ring (bicyclic) bond motifs is 1. The van der Waals surface area contributed by atoms with Gasteiger partial charge < -0.3 is 4.98 Å². The van der Waals surface area contributed by atoms with Gasteiger partial charge in [0.15, 0.2) is 13.5 Å². The molecule has 0 spiro atoms. The molecule has 0 aromatic carbocycles. The molecule has 0 unspecified atom stereocenters. The second-order valence-electron chi connectivity index (χ2n) is 2.06. The number of aromatic amines is 1. The van der Waals surface area contributed by atoms with Crippen molar-refractivity contribution in [1.82, 2.24) is 19.9 Å². The highest BCUT2D eigenvalue weighted by Crippen LogP contribution is 1.96. The van der Waals surface area contributed by atoms with Crippen LogP contribution < -0.4 is 5.59 Å². The van der Waals surface area contributed by atoms with Gasteiger partial charge in [0.05, 0.1) is 6.33 Å². The third-order valence-electron chi connectivity index (χ3n) is 1.40. The summed E-state index contributed by atoms with van der Waals surface area (Å²) in [5, 5.41) is 0. The van der Waals surface area contributed by atoms with Crippen molar-refractivity contribution in [3.8, 4) is 0 Å². The number of H-pyrrole nitrogens is 1. The monoisotopic (exact) mass is 132 g/mol. The average molecular weight is 132 g/mol. The number of hydrogen-bond acceptors (Lipinski definition) is 3. The number of rotatable bonds is 0. The first kappa shape index (κ1) is 5.40. The van der Waals surface area contributed by atoms with E-state index in [1.807, 2.05) is 7.85 Å². The fraction of sp³-hybridized carbons (Fsp3) is 0. The number of nitrogens with one attached hydrogen (secondary N) is 1. The maximum Gasteiger partial charge on any atom is 0.167 e. The summed E-state index contributed by atoms with van der Waals surface area (Å²) in [6, 6.07) is 0. The molecule has 4 nitrogen and oxygen atoms in total. The predicted molar refractivity (Wildman–Crippen MR) is 39.9 cm³/mol. The molecule has 0 aliphatic heterocycles. The van der Waals surface area contributed by atoms with Gasteiger partial charge in [-0.25, -0.2) is 15.0 Å². The largest absolute Gasteiger partial charge is 0.329 e. The van der Waals surface area contributed by atoms with Gasteiger partial charge in [-0.05, 0) is 0 Å². The smallest absolute Gasteiger partial charge is 0.167 e. The van der Waals surface area contributed by atoms with Crippen molar-refractivity contribution in [2.75, 3.05) is 0 Å². The summed E-state index contributed by atoms with van der Waals surface area (Å²) in [5.74, 6) is 0. The van der Waals surface area contributed by atoms with Crippen molar-refractivity contribution in [3.05, 3.63) is 12.7 Å². The molecule has 0 saturated carbocycles. The van der Waals surface area contributed by atoms with Crippen molar-refractivity contribution >= 4 is 24.6 Å². The molecule has 2 aromatic rings. The number of imidazole rings is 1. The lowest BCUT2D eigenvalue weighted by Gasteiger charge is -1.88. The van der Waals surface area contributed by atoms with Crippen molar-refractivity contribution in [2.24, 2.45) is 0 Å². The molecule has 0 radical (unpaired) electrons. The van der Waals surface area contributed by atoms with Crippen molar-refractivity contribution in [2.45, 2.75) is 0 Å². The van der Waals surface area contributed by atoms with E-state index in [1.165, 1.54) is 6.33 Å². The molecule has 0 aliphatic rings. The Morgan fingerprint density at radius 1 is 1.30 bits per heavy atom. The minimum absolute atomic E-state index is 0.799. The van der Waals surface area contributed by atoms with E-state index in [0.717, 1.165) is 16.8 Å². The summed E-state index contributed by atoms with van der Waals surface area (Å²) in [7, 11) is 1.91. The molecule has 1 N–H and O–H groups in total. The first-order valence-electron chi connectivity index (χ1n) is 2.98. The molecule has 5 heteroatoms. The summed E-state index contributed by atoms with van der Waals surface area (Å²) < 4.78 is 0. The Morgan fingerprint density at radius 3 is 3.00 bits per heavy atom. The second-order valence-corrected chi connectivity index (χ2v) is 2.06. The van der Waals surface area contributed by atoms with E-state index in [4.69, 9.17) is 0 Å². The molecule has 2 heterocycles. The predicted octanol–water partition coefficient (Wildman–Crippen LogP) is -1.39. The Bertz CT molecular complexity index is 355. The van der Waals surface area contributed by atoms with Gasteiger partial charge in [-0.1, -0.05) is 0 Å². The summed E-state index contributed by atoms with van der Waals surface area (Å²) in [6.45, 7) is 0. The van der Waals surface area contributed by atoms with Gasteiger partial charge in [0.1, 0.15) is 11.8 Å². The minimum Gasteiger partial charge on any atom is -0.329 e. The van der Waals surface area contributed by atoms with Gasteiger partial charge in [0.25, 0.3) is 0 Å². The van der Waals surface area contributed by atoms with Crippen molar-refractivity contribution in [3.63, 3.8) is 0 Å². The van der Waals surface area contributed by atoms with E-state index in [0.29, 0.717) is 0 Å². The normalized spacial score (nSPS) is 10.4. The zero-order valence-corrected chi connectivity index (χ0v) is 5.50. The lowest BCUT2D eigenvalue weighted by atomic mass is 10.0. The summed E-state index contributed by atoms with van der Waals surface area (Å²) in [5.41, 5.74) is 2.56. The third-order valence-corrected chi connectivity index (χ3v) is 1.40. The Balaban J connectivity index is 2.95. The van der Waals surface area contributed by atoms with E-state index in [2.05, 4.69) is 19.9 Å². The van der Waals surface area contributed by atoms with Crippen LogP contribution in [0.25, 0.3) is 11.2 Å². The zero-order valence-electron chi connectivity index (χ0n) is 5.50. The number of hydrogen-bond donors (Lipinski definition) is 1. The fourth-order valence-electron chi connectivity index (χ4n) is 0.885. The summed E-state index contributed by atoms with van der Waals surface area (Å²) in [4.78, 5) is 14.9. The van der Waals surface area contributed by atoms with Crippen LogP contribution >= 0.6 is 0 Å². The Labute approximate surface area is 58.1 Å². The lowest BCUT2D eigenvalue weighted by molar-refractivity contribution is 1.22. The molecule has 0 fully saturated rings. The molecule has 0 atom stereocenters. The molecule has 0 aliphatic carbocycles. The quantitative estimate of drug-likeness (QED) is 0.449. The third kappa shape index (κ3) is 0.602. The maximum absolute atomic E-state index is 4.04. The van der Waals surface area contributed by atoms with Crippen LogP contribution in [0.5, 0.6) is 0 Å². The van der Waals surface area contributed by atoms with Gasteiger partial charge in [-0.15, -0.1) is 0 Å². The Kier molecular flexibility index (Phi) is 0.971. The van der Waals surface area contributed by atoms with Crippen LogP contribution in [0.3, 0.4) is 0 Å². The second kappa shape index (κ2) is 1.80. The van der Waals surface area contributed by atoms with Gasteiger partial charge >= 0.3 is 0 Å². The molecule has 0 saturated heterocycles. The first-order valence-corrected chi connectivity index (χ1v) is 2.98. The van der Waals surface area contributed by atoms with Gasteiger partial charge in [-0.2, -0.15) is 0 Å². The SMILES string of the molecule is Bc1ncnc2[nH]cnc12. The lowest BCUT2D eigenvalue weighted by Crippen LogP contribution is -2.09. The van der Waals surface area contributed by atoms with E-state index in [1.54, 1.807) is 6.33 Å². The van der Waals surface area contributed by atoms with Crippen LogP contribution in [0.2, 0.25) is 0 Å². The highest BCUT2D eigenvalue weighted by Gasteiger charge is 1.98. The fourth-order valence-corrected chi connectivity index (χ4v) is 0.885. The molecule has 48 valence electrons. The van der Waals surface area contributed by atoms with Crippen LogP contribution in [0.1, 0.15) is 0 Å². The van der Waals surface area contributed by atoms with E-state index in [9.17, 15) is 0 Å². The van der Waals surface area contributed by atoms with Gasteiger partial charge in [0.2, 0.25) is 0 Å². The molecule has 0 bridgehead atoms. The topological polar surface area (TPSA) is 54.5 Å². The highest BCUT2D eigenvalue weighted by atomic mass is 15.0. The average Bonchev–Trinajstić information content (AvgIpc) is 2.36. The van der Waals surface area contributed by atoms with Crippen LogP contribution in [-0.2, 0) is 0 Å². The van der Waals surface area contributed by atoms with Gasteiger partial charge in [-0.3, -0.25) is 0 Å². The van der Waals surface area contributed by atoms with Crippen LogP contribution in [-0.4, -0.2) is 27.8 Å². The molecular weight excluding hydrogens is 127 g/mol. The Hall–Kier alpha value is -1.39. The Morgan fingerprint density at radius 2 is 2.20 bits per heavy atom. The van der Waals surface area contributed by atoms with Crippen molar-refractivity contribution in [1.29, 1.82) is 0 Å². The first-order chi connectivity index (χ1) is 4.88. The zero-order chi connectivity index (χ0) is 6.97.